The highest BCUT2D eigenvalue weighted by Crippen LogP contribution is 2.66. The predicted molar refractivity (Wildman–Crippen MR) is 40.4 cm³/mol. The molecule has 0 aliphatic carbocycles. The Morgan fingerprint density at radius 1 is 1.23 bits per heavy atom. The van der Waals surface area contributed by atoms with E-state index in [0.717, 1.165) is 5.92 Å². The summed E-state index contributed by atoms with van der Waals surface area (Å²) < 4.78 is 24.6. The molecule has 6 nitrogen and oxygen atoms in total. The molecular formula is C5H10O6P2-3. The van der Waals surface area contributed by atoms with E-state index in [9.17, 15) is 23.8 Å². The topological polar surface area (TPSA) is 113 Å². The van der Waals surface area contributed by atoms with Gasteiger partial charge in [0.05, 0.1) is 6.61 Å². The van der Waals surface area contributed by atoms with Crippen LogP contribution in [0.4, 0.5) is 0 Å². The molecule has 0 aromatic carbocycles. The van der Waals surface area contributed by atoms with Crippen LogP contribution in [0, 0.1) is 5.92 Å². The van der Waals surface area contributed by atoms with Crippen molar-refractivity contribution >= 4 is 14.6 Å². The van der Waals surface area contributed by atoms with Gasteiger partial charge in [0.2, 0.25) is 0 Å². The summed E-state index contributed by atoms with van der Waals surface area (Å²) in [6.45, 7) is 3.15. The molecule has 0 saturated carbocycles. The van der Waals surface area contributed by atoms with E-state index < -0.39 is 14.6 Å². The predicted octanol–water partition coefficient (Wildman–Crippen LogP) is -0.611. The Bertz CT molecular complexity index is 243. The molecule has 0 spiro atoms. The fourth-order valence-corrected chi connectivity index (χ4v) is 1.57. The first kappa shape index (κ1) is 13.3. The normalized spacial score (nSPS) is 17.4. The minimum Gasteiger partial charge on any atom is -0.805 e. The summed E-state index contributed by atoms with van der Waals surface area (Å²) in [4.78, 5) is 30.7. The first-order valence-electron chi connectivity index (χ1n) is 3.44. The molecule has 0 aromatic rings. The lowest BCUT2D eigenvalue weighted by molar-refractivity contribution is -0.314. The van der Waals surface area contributed by atoms with Crippen molar-refractivity contribution in [2.24, 2.45) is 0 Å². The Morgan fingerprint density at radius 3 is 2.00 bits per heavy atom. The van der Waals surface area contributed by atoms with Crippen LogP contribution in [0.5, 0.6) is 0 Å². The standard InChI is InChI=1S/C5H13O6P2/c1-5(2)3-4-11-13(9,10)12(6,7)8/h3-4H2,1-2H3,(H,9,10)(H2,6,7,8)/p-3. The third kappa shape index (κ3) is 4.91. The quantitative estimate of drug-likeness (QED) is 0.580. The average Bonchev–Trinajstić information content (AvgIpc) is 1.82. The molecule has 0 aromatic heterocycles. The monoisotopic (exact) mass is 228 g/mol. The van der Waals surface area contributed by atoms with Gasteiger partial charge in [0, 0.05) is 7.28 Å². The van der Waals surface area contributed by atoms with Gasteiger partial charge >= 0.3 is 0 Å². The van der Waals surface area contributed by atoms with Crippen molar-refractivity contribution in [2.45, 2.75) is 20.3 Å². The van der Waals surface area contributed by atoms with Gasteiger partial charge in [-0.05, 0) is 12.3 Å². The van der Waals surface area contributed by atoms with Gasteiger partial charge in [0.15, 0.2) is 7.28 Å². The molecule has 0 aliphatic rings. The van der Waals surface area contributed by atoms with Crippen LogP contribution in [0.15, 0.2) is 0 Å². The summed E-state index contributed by atoms with van der Waals surface area (Å²) in [5, 5.41) is 0. The van der Waals surface area contributed by atoms with Gasteiger partial charge in [-0.15, -0.1) is 0 Å². The molecule has 8 heteroatoms. The lowest BCUT2D eigenvalue weighted by Gasteiger charge is -2.41. The zero-order chi connectivity index (χ0) is 10.7. The number of hydrogen-bond donors (Lipinski definition) is 0. The maximum atomic E-state index is 10.5. The minimum atomic E-state index is -5.66. The van der Waals surface area contributed by atoms with E-state index >= 15 is 0 Å². The molecular weight excluding hydrogens is 218 g/mol. The Hall–Kier alpha value is 0.300. The maximum Gasteiger partial charge on any atom is 0.164 e. The fraction of sp³-hybridized carbons (Fsp3) is 0.800. The van der Waals surface area contributed by atoms with E-state index in [1.54, 1.807) is 13.8 Å². The van der Waals surface area contributed by atoms with Gasteiger partial charge in [-0.1, -0.05) is 13.8 Å². The van der Waals surface area contributed by atoms with Crippen LogP contribution in [0.25, 0.3) is 0 Å². The third-order valence-electron chi connectivity index (χ3n) is 1.16. The molecule has 13 heavy (non-hydrogen) atoms. The second-order valence-corrected chi connectivity index (χ2v) is 7.80. The highest BCUT2D eigenvalue weighted by Gasteiger charge is 2.13. The van der Waals surface area contributed by atoms with Gasteiger partial charge in [-0.2, -0.15) is 0 Å². The molecule has 0 saturated heterocycles. The van der Waals surface area contributed by atoms with Crippen LogP contribution in [0.1, 0.15) is 20.3 Å². The fourth-order valence-electron chi connectivity index (χ4n) is 0.436. The van der Waals surface area contributed by atoms with Crippen molar-refractivity contribution in [3.8, 4) is 0 Å². The van der Waals surface area contributed by atoms with Gasteiger partial charge in [-0.25, -0.2) is 0 Å². The lowest BCUT2D eigenvalue weighted by atomic mass is 10.2. The molecule has 1 unspecified atom stereocenters. The molecule has 0 heterocycles. The van der Waals surface area contributed by atoms with Gasteiger partial charge in [0.25, 0.3) is 0 Å². The lowest BCUT2D eigenvalue weighted by Crippen LogP contribution is -2.21. The van der Waals surface area contributed by atoms with Gasteiger partial charge in [0.1, 0.15) is 0 Å². The largest absolute Gasteiger partial charge is 0.805 e. The maximum absolute atomic E-state index is 10.5. The molecule has 1 atom stereocenters. The molecule has 0 amide bonds. The van der Waals surface area contributed by atoms with Crippen molar-refractivity contribution in [2.75, 3.05) is 6.61 Å². The van der Waals surface area contributed by atoms with Crippen LogP contribution in [-0.2, 0) is 13.7 Å². The van der Waals surface area contributed by atoms with E-state index in [1.807, 2.05) is 0 Å². The van der Waals surface area contributed by atoms with Gasteiger partial charge < -0.3 is 28.3 Å². The van der Waals surface area contributed by atoms with E-state index in [4.69, 9.17) is 0 Å². The summed E-state index contributed by atoms with van der Waals surface area (Å²) >= 11 is 0. The van der Waals surface area contributed by atoms with Crippen LogP contribution >= 0.6 is 14.6 Å². The number of rotatable bonds is 5. The third-order valence-corrected chi connectivity index (χ3v) is 4.41. The average molecular weight is 228 g/mol. The van der Waals surface area contributed by atoms with Gasteiger partial charge in [-0.3, -0.25) is 0 Å². The summed E-state index contributed by atoms with van der Waals surface area (Å²) in [5.74, 6) is 0.881. The smallest absolute Gasteiger partial charge is 0.164 e. The molecule has 0 fully saturated rings. The first-order valence-corrected chi connectivity index (χ1v) is 7.23. The van der Waals surface area contributed by atoms with Crippen LogP contribution in [-0.4, -0.2) is 6.61 Å². The molecule has 0 N–H and O–H groups in total. The second-order valence-electron chi connectivity index (χ2n) is 2.73. The Kier molecular flexibility index (Phi) is 4.80. The van der Waals surface area contributed by atoms with Crippen molar-refractivity contribution in [1.29, 1.82) is 0 Å². The Labute approximate surface area is 76.5 Å². The van der Waals surface area contributed by atoms with E-state index in [-0.39, 0.29) is 6.61 Å². The summed E-state index contributed by atoms with van der Waals surface area (Å²) in [6, 6.07) is 0. The summed E-state index contributed by atoms with van der Waals surface area (Å²) in [6.07, 6.45) is 0.298. The molecule has 0 bridgehead atoms. The minimum absolute atomic E-state index is 0.298. The number of hydrogen-bond acceptors (Lipinski definition) is 6. The zero-order valence-corrected chi connectivity index (χ0v) is 9.05. The van der Waals surface area contributed by atoms with Crippen molar-refractivity contribution in [1.82, 2.24) is 0 Å². The van der Waals surface area contributed by atoms with E-state index in [2.05, 4.69) is 4.52 Å². The first-order chi connectivity index (χ1) is 5.67. The van der Waals surface area contributed by atoms with E-state index in [1.165, 1.54) is 0 Å². The van der Waals surface area contributed by atoms with Crippen LogP contribution in [0.2, 0.25) is 0 Å². The van der Waals surface area contributed by atoms with Crippen molar-refractivity contribution < 1.29 is 28.3 Å². The van der Waals surface area contributed by atoms with Crippen molar-refractivity contribution in [3.05, 3.63) is 5.92 Å². The Morgan fingerprint density at radius 2 is 1.69 bits per heavy atom. The summed E-state index contributed by atoms with van der Waals surface area (Å²) in [5.41, 5.74) is 0. The highest BCUT2D eigenvalue weighted by atomic mass is 32.1. The van der Waals surface area contributed by atoms with Crippen LogP contribution in [0.3, 0.4) is 0 Å². The van der Waals surface area contributed by atoms with Crippen LogP contribution < -0.4 is 14.7 Å². The van der Waals surface area contributed by atoms with Crippen molar-refractivity contribution in [3.63, 3.8) is 0 Å². The summed E-state index contributed by atoms with van der Waals surface area (Å²) in [7, 11) is -10.9. The highest BCUT2D eigenvalue weighted by molar-refractivity contribution is 8.24. The molecule has 0 aliphatic heterocycles. The zero-order valence-electron chi connectivity index (χ0n) is 7.26. The molecule has 1 radical (unpaired) electrons. The second kappa shape index (κ2) is 4.69. The van der Waals surface area contributed by atoms with E-state index in [0.29, 0.717) is 6.42 Å². The SMILES string of the molecule is C[C](C)CCOP(=O)([O-])P(=O)([O-])[O-]. The molecule has 0 rings (SSSR count). The Balaban J connectivity index is 4.07. The molecule has 79 valence electrons.